The first-order valence-corrected chi connectivity index (χ1v) is 14.8. The lowest BCUT2D eigenvalue weighted by atomic mass is 9.76. The molecule has 2 saturated heterocycles. The molecule has 2 N–H and O–H groups in total. The molecule has 10 nitrogen and oxygen atoms in total. The number of rotatable bonds is 9. The second-order valence-electron chi connectivity index (χ2n) is 11.9. The number of anilines is 1. The zero-order valence-corrected chi connectivity index (χ0v) is 24.7. The predicted molar refractivity (Wildman–Crippen MR) is 160 cm³/mol. The van der Waals surface area contributed by atoms with Crippen molar-refractivity contribution in [1.29, 1.82) is 5.26 Å². The van der Waals surface area contributed by atoms with Gasteiger partial charge in [0.2, 0.25) is 5.91 Å². The molecule has 0 bridgehead atoms. The fraction of sp³-hybridized carbons (Fsp3) is 0.548. The summed E-state index contributed by atoms with van der Waals surface area (Å²) in [6.07, 6.45) is 6.81. The Morgan fingerprint density at radius 2 is 2.07 bits per heavy atom. The molecule has 2 fully saturated rings. The topological polar surface area (TPSA) is 111 Å². The third-order valence-electron chi connectivity index (χ3n) is 8.25. The summed E-state index contributed by atoms with van der Waals surface area (Å²) in [6.45, 7) is 14.9. The van der Waals surface area contributed by atoms with E-state index in [0.717, 1.165) is 74.6 Å². The first kappa shape index (κ1) is 28.8. The normalized spacial score (nSPS) is 19.3. The van der Waals surface area contributed by atoms with Gasteiger partial charge in [0.05, 0.1) is 35.5 Å². The summed E-state index contributed by atoms with van der Waals surface area (Å²) in [6, 6.07) is 8.70. The number of fused-ring (bicyclic) bond motifs is 1. The van der Waals surface area contributed by atoms with E-state index in [0.29, 0.717) is 36.4 Å². The first-order chi connectivity index (χ1) is 19.8. The van der Waals surface area contributed by atoms with Crippen LogP contribution >= 0.6 is 0 Å². The molecular weight excluding hydrogens is 516 g/mol. The maximum absolute atomic E-state index is 13.6. The third kappa shape index (κ3) is 6.31. The van der Waals surface area contributed by atoms with Crippen molar-refractivity contribution in [1.82, 2.24) is 30.1 Å². The molecule has 1 atom stereocenters. The number of amides is 1. The third-order valence-corrected chi connectivity index (χ3v) is 8.25. The minimum Gasteiger partial charge on any atom is -0.492 e. The van der Waals surface area contributed by atoms with Crippen LogP contribution in [-0.2, 0) is 4.79 Å². The summed E-state index contributed by atoms with van der Waals surface area (Å²) >= 11 is 0. The lowest BCUT2D eigenvalue weighted by molar-refractivity contribution is -0.134. The van der Waals surface area contributed by atoms with Crippen LogP contribution in [0.4, 0.5) is 5.82 Å². The highest BCUT2D eigenvalue weighted by atomic mass is 16.5. The van der Waals surface area contributed by atoms with Crippen LogP contribution in [0.15, 0.2) is 36.8 Å². The van der Waals surface area contributed by atoms with Crippen molar-refractivity contribution < 1.29 is 9.53 Å². The molecule has 5 rings (SSSR count). The van der Waals surface area contributed by atoms with Gasteiger partial charge in [-0.1, -0.05) is 13.8 Å². The number of carbonyl (C=O) groups is 1. The highest BCUT2D eigenvalue weighted by Crippen LogP contribution is 2.36. The Bertz CT molecular complexity index is 1390. The number of carbonyl (C=O) groups excluding carboxylic acids is 1. The quantitative estimate of drug-likeness (QED) is 0.412. The molecular formula is C31H42N8O2. The van der Waals surface area contributed by atoms with Gasteiger partial charge in [0.25, 0.3) is 0 Å². The zero-order valence-electron chi connectivity index (χ0n) is 24.7. The molecule has 218 valence electrons. The van der Waals surface area contributed by atoms with Crippen molar-refractivity contribution in [2.75, 3.05) is 57.3 Å². The number of nitriles is 1. The number of piperidine rings is 1. The molecule has 3 aromatic heterocycles. The van der Waals surface area contributed by atoms with Gasteiger partial charge in [-0.2, -0.15) is 10.4 Å². The average molecular weight is 559 g/mol. The number of piperazine rings is 1. The SMILES string of the molecule is CCOc1cc(-c2ccc(N3CCC(CN4CCNC(C)C4)(C(=O)NCC(C)C)CC3)nc2)c2c(C#N)cnn2c1. The van der Waals surface area contributed by atoms with Crippen LogP contribution in [0, 0.1) is 22.7 Å². The van der Waals surface area contributed by atoms with E-state index in [2.05, 4.69) is 52.4 Å². The molecule has 41 heavy (non-hydrogen) atoms. The molecule has 10 heteroatoms. The summed E-state index contributed by atoms with van der Waals surface area (Å²) in [5.74, 6) is 2.19. The van der Waals surface area contributed by atoms with Gasteiger partial charge in [0.1, 0.15) is 17.6 Å². The summed E-state index contributed by atoms with van der Waals surface area (Å²) in [5.41, 5.74) is 2.60. The highest BCUT2D eigenvalue weighted by molar-refractivity contribution is 5.85. The Balaban J connectivity index is 1.34. The van der Waals surface area contributed by atoms with Crippen LogP contribution in [0.2, 0.25) is 0 Å². The minimum atomic E-state index is -0.399. The Labute approximate surface area is 242 Å². The van der Waals surface area contributed by atoms with Crippen LogP contribution in [0.3, 0.4) is 0 Å². The monoisotopic (exact) mass is 558 g/mol. The van der Waals surface area contributed by atoms with Crippen molar-refractivity contribution >= 4 is 17.2 Å². The van der Waals surface area contributed by atoms with Gasteiger partial charge >= 0.3 is 0 Å². The van der Waals surface area contributed by atoms with E-state index in [9.17, 15) is 10.1 Å². The number of nitrogens with zero attached hydrogens (tertiary/aromatic N) is 6. The van der Waals surface area contributed by atoms with Crippen molar-refractivity contribution in [3.63, 3.8) is 0 Å². The van der Waals surface area contributed by atoms with Gasteiger partial charge in [-0.05, 0) is 50.8 Å². The Kier molecular flexibility index (Phi) is 8.76. The summed E-state index contributed by atoms with van der Waals surface area (Å²) < 4.78 is 7.45. The minimum absolute atomic E-state index is 0.188. The Morgan fingerprint density at radius 1 is 1.27 bits per heavy atom. The van der Waals surface area contributed by atoms with E-state index in [1.165, 1.54) is 0 Å². The maximum Gasteiger partial charge on any atom is 0.227 e. The van der Waals surface area contributed by atoms with Gasteiger partial charge < -0.3 is 20.3 Å². The van der Waals surface area contributed by atoms with E-state index in [-0.39, 0.29) is 5.91 Å². The van der Waals surface area contributed by atoms with Crippen LogP contribution < -0.4 is 20.3 Å². The van der Waals surface area contributed by atoms with Crippen LogP contribution in [0.25, 0.3) is 16.6 Å². The summed E-state index contributed by atoms with van der Waals surface area (Å²) in [4.78, 5) is 23.2. The molecule has 3 aromatic rings. The molecule has 0 saturated carbocycles. The Hall–Kier alpha value is -3.68. The van der Waals surface area contributed by atoms with E-state index in [4.69, 9.17) is 9.72 Å². The van der Waals surface area contributed by atoms with Crippen molar-refractivity contribution in [2.45, 2.75) is 46.6 Å². The number of nitrogens with one attached hydrogen (secondary N) is 2. The fourth-order valence-electron chi connectivity index (χ4n) is 6.07. The average Bonchev–Trinajstić information content (AvgIpc) is 3.39. The van der Waals surface area contributed by atoms with E-state index >= 15 is 0 Å². The van der Waals surface area contributed by atoms with Crippen LogP contribution in [0.5, 0.6) is 5.75 Å². The molecule has 2 aliphatic rings. The van der Waals surface area contributed by atoms with Crippen molar-refractivity contribution in [3.8, 4) is 22.9 Å². The standard InChI is InChI=1S/C31H42N8O2/c1-5-41-26-14-27(29-25(15-32)18-36-39(29)20-26)24-6-7-28(34-17-24)38-11-8-31(9-12-38,30(40)35-16-22(2)3)21-37-13-10-33-23(4)19-37/h6-7,14,17-18,20,22-23,33H,5,8-13,16,19,21H2,1-4H3,(H,35,40). The fourth-order valence-corrected chi connectivity index (χ4v) is 6.07. The highest BCUT2D eigenvalue weighted by Gasteiger charge is 2.43. The van der Waals surface area contributed by atoms with E-state index in [1.807, 2.05) is 31.3 Å². The molecule has 0 spiro atoms. The molecule has 5 heterocycles. The largest absolute Gasteiger partial charge is 0.492 e. The van der Waals surface area contributed by atoms with E-state index in [1.54, 1.807) is 16.9 Å². The lowest BCUT2D eigenvalue weighted by Crippen LogP contribution is -2.58. The van der Waals surface area contributed by atoms with Gasteiger partial charge in [-0.3, -0.25) is 9.69 Å². The molecule has 0 aliphatic carbocycles. The summed E-state index contributed by atoms with van der Waals surface area (Å²) in [7, 11) is 0. The number of aromatic nitrogens is 3. The zero-order chi connectivity index (χ0) is 29.0. The number of hydrogen-bond donors (Lipinski definition) is 2. The van der Waals surface area contributed by atoms with Gasteiger partial charge in [-0.25, -0.2) is 9.50 Å². The number of pyridine rings is 2. The second-order valence-corrected chi connectivity index (χ2v) is 11.9. The second kappa shape index (κ2) is 12.5. The van der Waals surface area contributed by atoms with Gasteiger partial charge in [0.15, 0.2) is 0 Å². The predicted octanol–water partition coefficient (Wildman–Crippen LogP) is 3.32. The molecule has 0 aromatic carbocycles. The van der Waals surface area contributed by atoms with Gasteiger partial charge in [-0.15, -0.1) is 0 Å². The van der Waals surface area contributed by atoms with Gasteiger partial charge in [0, 0.05) is 69.2 Å². The number of hydrogen-bond acceptors (Lipinski definition) is 8. The lowest BCUT2D eigenvalue weighted by Gasteiger charge is -2.45. The molecule has 1 unspecified atom stereocenters. The van der Waals surface area contributed by atoms with Crippen molar-refractivity contribution in [3.05, 3.63) is 42.4 Å². The smallest absolute Gasteiger partial charge is 0.227 e. The van der Waals surface area contributed by atoms with Crippen molar-refractivity contribution in [2.24, 2.45) is 11.3 Å². The summed E-state index contributed by atoms with van der Waals surface area (Å²) in [5, 5.41) is 20.8. The number of ether oxygens (including phenoxy) is 1. The molecule has 0 radical (unpaired) electrons. The molecule has 1 amide bonds. The van der Waals surface area contributed by atoms with Crippen LogP contribution in [0.1, 0.15) is 46.1 Å². The van der Waals surface area contributed by atoms with Crippen LogP contribution in [-0.4, -0.2) is 83.9 Å². The molecule has 2 aliphatic heterocycles. The first-order valence-electron chi connectivity index (χ1n) is 14.8. The van der Waals surface area contributed by atoms with E-state index < -0.39 is 5.41 Å². The maximum atomic E-state index is 13.6. The Morgan fingerprint density at radius 3 is 2.73 bits per heavy atom.